The number of hydrogen-bond donors (Lipinski definition) is 2. The SMILES string of the molecule is COCCNCC(=O)NCCC1CCC(C)CC1. The number of nitrogens with one attached hydrogen (secondary N) is 2. The van der Waals surface area contributed by atoms with E-state index in [9.17, 15) is 4.79 Å². The van der Waals surface area contributed by atoms with Gasteiger partial charge in [-0.1, -0.05) is 32.6 Å². The standard InChI is InChI=1S/C14H28N2O2/c1-12-3-5-13(6-4-12)7-8-16-14(17)11-15-9-10-18-2/h12-13,15H,3-11H2,1-2H3,(H,16,17). The Morgan fingerprint density at radius 1 is 1.22 bits per heavy atom. The summed E-state index contributed by atoms with van der Waals surface area (Å²) in [5.41, 5.74) is 0. The van der Waals surface area contributed by atoms with E-state index in [1.54, 1.807) is 7.11 Å². The van der Waals surface area contributed by atoms with Gasteiger partial charge in [0.25, 0.3) is 0 Å². The second kappa shape index (κ2) is 9.34. The molecule has 0 aromatic rings. The van der Waals surface area contributed by atoms with Gasteiger partial charge in [0.1, 0.15) is 0 Å². The van der Waals surface area contributed by atoms with E-state index in [1.807, 2.05) is 0 Å². The summed E-state index contributed by atoms with van der Waals surface area (Å²) in [6.45, 7) is 4.93. The highest BCUT2D eigenvalue weighted by Gasteiger charge is 2.17. The predicted octanol–water partition coefficient (Wildman–Crippen LogP) is 1.55. The molecule has 0 atom stereocenters. The summed E-state index contributed by atoms with van der Waals surface area (Å²) in [7, 11) is 1.66. The maximum Gasteiger partial charge on any atom is 0.233 e. The van der Waals surface area contributed by atoms with Gasteiger partial charge in [0, 0.05) is 20.2 Å². The van der Waals surface area contributed by atoms with Gasteiger partial charge >= 0.3 is 0 Å². The van der Waals surface area contributed by atoms with Crippen molar-refractivity contribution in [3.8, 4) is 0 Å². The van der Waals surface area contributed by atoms with E-state index in [-0.39, 0.29) is 5.91 Å². The van der Waals surface area contributed by atoms with Gasteiger partial charge in [-0.15, -0.1) is 0 Å². The first kappa shape index (κ1) is 15.4. The molecular weight excluding hydrogens is 228 g/mol. The molecule has 0 aromatic carbocycles. The van der Waals surface area contributed by atoms with Crippen LogP contribution in [0.15, 0.2) is 0 Å². The number of carbonyl (C=O) groups is 1. The zero-order chi connectivity index (χ0) is 13.2. The van der Waals surface area contributed by atoms with Gasteiger partial charge < -0.3 is 15.4 Å². The highest BCUT2D eigenvalue weighted by Crippen LogP contribution is 2.29. The Kier molecular flexibility index (Phi) is 8.01. The summed E-state index contributed by atoms with van der Waals surface area (Å²) >= 11 is 0. The molecule has 0 aromatic heterocycles. The third-order valence-corrected chi connectivity index (χ3v) is 3.78. The fourth-order valence-electron chi connectivity index (χ4n) is 2.47. The maximum absolute atomic E-state index is 11.5. The monoisotopic (exact) mass is 256 g/mol. The van der Waals surface area contributed by atoms with Crippen LogP contribution < -0.4 is 10.6 Å². The van der Waals surface area contributed by atoms with Gasteiger partial charge in [0.2, 0.25) is 5.91 Å². The number of amides is 1. The van der Waals surface area contributed by atoms with Crippen molar-refractivity contribution in [2.75, 3.05) is 33.4 Å². The third kappa shape index (κ3) is 6.97. The fourth-order valence-corrected chi connectivity index (χ4v) is 2.47. The molecule has 1 aliphatic carbocycles. The summed E-state index contributed by atoms with van der Waals surface area (Å²) in [6, 6.07) is 0. The van der Waals surface area contributed by atoms with Gasteiger partial charge in [-0.05, 0) is 18.3 Å². The van der Waals surface area contributed by atoms with Crippen LogP contribution in [0.2, 0.25) is 0 Å². The molecule has 1 fully saturated rings. The van der Waals surface area contributed by atoms with Gasteiger partial charge in [-0.2, -0.15) is 0 Å². The highest BCUT2D eigenvalue weighted by atomic mass is 16.5. The molecule has 0 unspecified atom stereocenters. The van der Waals surface area contributed by atoms with Crippen LogP contribution in [-0.2, 0) is 9.53 Å². The molecule has 0 spiro atoms. The molecule has 1 rings (SSSR count). The molecule has 106 valence electrons. The van der Waals surface area contributed by atoms with Crippen LogP contribution in [0.1, 0.15) is 39.0 Å². The zero-order valence-electron chi connectivity index (χ0n) is 11.8. The van der Waals surface area contributed by atoms with Crippen molar-refractivity contribution in [3.63, 3.8) is 0 Å². The van der Waals surface area contributed by atoms with Crippen molar-refractivity contribution < 1.29 is 9.53 Å². The molecule has 2 N–H and O–H groups in total. The largest absolute Gasteiger partial charge is 0.383 e. The first-order valence-corrected chi connectivity index (χ1v) is 7.18. The van der Waals surface area contributed by atoms with Gasteiger partial charge in [0.05, 0.1) is 13.2 Å². The van der Waals surface area contributed by atoms with E-state index in [2.05, 4.69) is 17.6 Å². The van der Waals surface area contributed by atoms with Crippen molar-refractivity contribution in [1.29, 1.82) is 0 Å². The lowest BCUT2D eigenvalue weighted by Gasteiger charge is -2.26. The van der Waals surface area contributed by atoms with Crippen LogP contribution in [0.5, 0.6) is 0 Å². The lowest BCUT2D eigenvalue weighted by atomic mass is 9.81. The molecule has 1 aliphatic rings. The molecular formula is C14H28N2O2. The Morgan fingerprint density at radius 3 is 2.61 bits per heavy atom. The van der Waals surface area contributed by atoms with Crippen LogP contribution in [0.3, 0.4) is 0 Å². The molecule has 4 heteroatoms. The average Bonchev–Trinajstić information content (AvgIpc) is 2.37. The van der Waals surface area contributed by atoms with Crippen LogP contribution >= 0.6 is 0 Å². The average molecular weight is 256 g/mol. The number of carbonyl (C=O) groups excluding carboxylic acids is 1. The summed E-state index contributed by atoms with van der Waals surface area (Å²) < 4.78 is 4.90. The summed E-state index contributed by atoms with van der Waals surface area (Å²) in [5.74, 6) is 1.82. The van der Waals surface area contributed by atoms with E-state index in [4.69, 9.17) is 4.74 Å². The van der Waals surface area contributed by atoms with Crippen LogP contribution in [0.4, 0.5) is 0 Å². The van der Waals surface area contributed by atoms with Gasteiger partial charge in [-0.3, -0.25) is 4.79 Å². The summed E-state index contributed by atoms with van der Waals surface area (Å²) in [6.07, 6.45) is 6.52. The van der Waals surface area contributed by atoms with E-state index >= 15 is 0 Å². The number of methoxy groups -OCH3 is 1. The molecule has 18 heavy (non-hydrogen) atoms. The molecule has 4 nitrogen and oxygen atoms in total. The first-order chi connectivity index (χ1) is 8.72. The minimum Gasteiger partial charge on any atom is -0.383 e. The highest BCUT2D eigenvalue weighted by molar-refractivity contribution is 5.77. The molecule has 0 radical (unpaired) electrons. The van der Waals surface area contributed by atoms with E-state index in [0.717, 1.165) is 31.3 Å². The minimum absolute atomic E-state index is 0.0929. The number of hydrogen-bond acceptors (Lipinski definition) is 3. The van der Waals surface area contributed by atoms with Crippen molar-refractivity contribution in [3.05, 3.63) is 0 Å². The Morgan fingerprint density at radius 2 is 1.94 bits per heavy atom. The van der Waals surface area contributed by atoms with Crippen LogP contribution in [-0.4, -0.2) is 39.3 Å². The molecule has 1 amide bonds. The van der Waals surface area contributed by atoms with E-state index in [1.165, 1.54) is 25.7 Å². The second-order valence-electron chi connectivity index (χ2n) is 5.43. The summed E-state index contributed by atoms with van der Waals surface area (Å²) in [4.78, 5) is 11.5. The fraction of sp³-hybridized carbons (Fsp3) is 0.929. The first-order valence-electron chi connectivity index (χ1n) is 7.18. The van der Waals surface area contributed by atoms with Gasteiger partial charge in [0.15, 0.2) is 0 Å². The van der Waals surface area contributed by atoms with Crippen molar-refractivity contribution in [2.24, 2.45) is 11.8 Å². The Hall–Kier alpha value is -0.610. The predicted molar refractivity (Wildman–Crippen MR) is 73.5 cm³/mol. The molecule has 0 heterocycles. The maximum atomic E-state index is 11.5. The third-order valence-electron chi connectivity index (χ3n) is 3.78. The normalized spacial score (nSPS) is 23.9. The topological polar surface area (TPSA) is 50.4 Å². The van der Waals surface area contributed by atoms with E-state index < -0.39 is 0 Å². The summed E-state index contributed by atoms with van der Waals surface area (Å²) in [5, 5.41) is 6.02. The molecule has 0 aliphatic heterocycles. The van der Waals surface area contributed by atoms with Crippen molar-refractivity contribution >= 4 is 5.91 Å². The molecule has 0 bridgehead atoms. The Bertz CT molecular complexity index is 226. The minimum atomic E-state index is 0.0929. The van der Waals surface area contributed by atoms with Crippen molar-refractivity contribution in [1.82, 2.24) is 10.6 Å². The second-order valence-corrected chi connectivity index (χ2v) is 5.43. The van der Waals surface area contributed by atoms with E-state index in [0.29, 0.717) is 13.2 Å². The molecule has 0 saturated heterocycles. The Balaban J connectivity index is 1.95. The Labute approximate surface area is 111 Å². The lowest BCUT2D eigenvalue weighted by Crippen LogP contribution is -2.36. The zero-order valence-corrected chi connectivity index (χ0v) is 11.8. The van der Waals surface area contributed by atoms with Crippen LogP contribution in [0.25, 0.3) is 0 Å². The molecule has 1 saturated carbocycles. The van der Waals surface area contributed by atoms with Crippen molar-refractivity contribution in [2.45, 2.75) is 39.0 Å². The number of ether oxygens (including phenoxy) is 1. The van der Waals surface area contributed by atoms with Crippen LogP contribution in [0, 0.1) is 11.8 Å². The number of rotatable bonds is 8. The van der Waals surface area contributed by atoms with Gasteiger partial charge in [-0.25, -0.2) is 0 Å². The smallest absolute Gasteiger partial charge is 0.233 e. The lowest BCUT2D eigenvalue weighted by molar-refractivity contribution is -0.120. The quantitative estimate of drug-likeness (QED) is 0.648.